The summed E-state index contributed by atoms with van der Waals surface area (Å²) >= 11 is 2.46. The number of hydrogen-bond donors (Lipinski definition) is 3. The third-order valence-electron chi connectivity index (χ3n) is 5.19. The summed E-state index contributed by atoms with van der Waals surface area (Å²) in [5.41, 5.74) is 0.516. The molecule has 0 aromatic heterocycles. The molecule has 1 heterocycles. The van der Waals surface area contributed by atoms with Gasteiger partial charge in [-0.2, -0.15) is 0 Å². The molecule has 1 aliphatic heterocycles. The van der Waals surface area contributed by atoms with Crippen molar-refractivity contribution in [2.24, 2.45) is 4.99 Å². The second-order valence-corrected chi connectivity index (χ2v) is 8.35. The van der Waals surface area contributed by atoms with Crippen LogP contribution in [-0.2, 0) is 16.0 Å². The zero-order chi connectivity index (χ0) is 22.4. The molecule has 0 fully saturated rings. The van der Waals surface area contributed by atoms with Crippen molar-refractivity contribution in [1.82, 2.24) is 10.6 Å². The van der Waals surface area contributed by atoms with Gasteiger partial charge < -0.3 is 0 Å². The van der Waals surface area contributed by atoms with Gasteiger partial charge in [-0.05, 0) is 0 Å². The molecule has 3 N–H and O–H groups in total. The molecule has 9 heteroatoms. The number of aliphatic hydroxyl groups excluding tert-OH is 1. The number of ether oxygens (including phenoxy) is 3. The number of aliphatic imine (C=N–C) groups is 1. The minimum atomic E-state index is -1.21. The summed E-state index contributed by atoms with van der Waals surface area (Å²) in [6, 6.07) is 14.7. The molecule has 3 atom stereocenters. The van der Waals surface area contributed by atoms with E-state index in [1.807, 2.05) is 54.7 Å². The number of nitrogens with one attached hydrogen (secondary N) is 2. The molecule has 0 bridgehead atoms. The fraction of sp³-hybridized carbons (Fsp3) is 0.364. The van der Waals surface area contributed by atoms with Crippen molar-refractivity contribution in [3.63, 3.8) is 0 Å². The number of hydrogen-bond acceptors (Lipinski definition) is 6. The zero-order valence-corrected chi connectivity index (χ0v) is 19.4. The Morgan fingerprint density at radius 3 is 2.65 bits per heavy atom. The summed E-state index contributed by atoms with van der Waals surface area (Å²) in [4.78, 5) is 4.49. The molecule has 2 aromatic carbocycles. The fourth-order valence-corrected chi connectivity index (χ4v) is 4.10. The Hall–Kier alpha value is -2.56. The average Bonchev–Trinajstić information content (AvgIpc) is 2.77. The van der Waals surface area contributed by atoms with Gasteiger partial charge in [-0.1, -0.05) is 0 Å². The summed E-state index contributed by atoms with van der Waals surface area (Å²) in [5, 5.41) is 26.3. The Bertz CT molecular complexity index is 962. The van der Waals surface area contributed by atoms with Crippen molar-refractivity contribution in [1.29, 1.82) is 5.26 Å². The molecule has 0 amide bonds. The van der Waals surface area contributed by atoms with Gasteiger partial charge in [0, 0.05) is 0 Å². The second kappa shape index (κ2) is 10.2. The summed E-state index contributed by atoms with van der Waals surface area (Å²) in [5.74, 6) is 0.826. The molecule has 3 unspecified atom stereocenters. The molecule has 2 aromatic rings. The number of fused-ring (bicyclic) bond motifs is 1. The number of rotatable bonds is 6. The van der Waals surface area contributed by atoms with E-state index in [1.165, 1.54) is 14.2 Å². The van der Waals surface area contributed by atoms with Crippen LogP contribution in [0.4, 0.5) is 0 Å². The predicted molar refractivity (Wildman–Crippen MR) is 117 cm³/mol. The van der Waals surface area contributed by atoms with E-state index in [-0.39, 0.29) is 5.96 Å². The number of methoxy groups -OCH3 is 2. The van der Waals surface area contributed by atoms with Gasteiger partial charge in [-0.15, -0.1) is 0 Å². The van der Waals surface area contributed by atoms with Gasteiger partial charge in [-0.3, -0.25) is 0 Å². The summed E-state index contributed by atoms with van der Waals surface area (Å²) in [7, 11) is 2.98. The van der Waals surface area contributed by atoms with Crippen molar-refractivity contribution in [2.75, 3.05) is 14.2 Å². The van der Waals surface area contributed by atoms with Crippen molar-refractivity contribution < 1.29 is 19.3 Å². The van der Waals surface area contributed by atoms with Crippen LogP contribution in [0.1, 0.15) is 24.1 Å². The average molecular weight is 484 g/mol. The topological polar surface area (TPSA) is 108 Å². The number of aliphatic hydroxyl groups is 1. The number of benzene rings is 2. The Labute approximate surface area is 190 Å². The predicted octanol–water partition coefficient (Wildman–Crippen LogP) is 0.869. The first-order chi connectivity index (χ1) is 14.9. The van der Waals surface area contributed by atoms with E-state index in [9.17, 15) is 10.4 Å². The van der Waals surface area contributed by atoms with Crippen LogP contribution in [0.15, 0.2) is 53.5 Å². The second-order valence-electron chi connectivity index (χ2n) is 7.27. The monoisotopic (exact) mass is 484 g/mol. The standard InChI is InChI=1S/C22H25AsN4O4/c1-22(20(29-2)30-3)19(28)18(16-11-15(23)9-10-17(16)31-22)27-21(26-13-24)25-12-14-7-5-4-6-8-14/h4-11,18-20,28H,12H2,1-3H3,(H2,25,26,27). The number of guanidine groups is 1. The van der Waals surface area contributed by atoms with E-state index in [2.05, 4.69) is 32.5 Å². The molecule has 162 valence electrons. The number of nitriles is 1. The summed E-state index contributed by atoms with van der Waals surface area (Å²) in [6.45, 7) is 2.09. The van der Waals surface area contributed by atoms with Crippen LogP contribution < -0.4 is 19.7 Å². The van der Waals surface area contributed by atoms with Gasteiger partial charge in [0.25, 0.3) is 0 Å². The van der Waals surface area contributed by atoms with Gasteiger partial charge in [0.15, 0.2) is 0 Å². The van der Waals surface area contributed by atoms with Crippen molar-refractivity contribution in [3.8, 4) is 11.9 Å². The van der Waals surface area contributed by atoms with Gasteiger partial charge >= 0.3 is 191 Å². The van der Waals surface area contributed by atoms with Crippen LogP contribution >= 0.6 is 0 Å². The normalized spacial score (nSPS) is 22.9. The first-order valence-electron chi connectivity index (χ1n) is 9.68. The third-order valence-corrected chi connectivity index (χ3v) is 5.77. The summed E-state index contributed by atoms with van der Waals surface area (Å²) < 4.78 is 17.9. The van der Waals surface area contributed by atoms with E-state index < -0.39 is 24.0 Å². The Morgan fingerprint density at radius 2 is 2.00 bits per heavy atom. The van der Waals surface area contributed by atoms with Crippen LogP contribution in [-0.4, -0.2) is 60.1 Å². The van der Waals surface area contributed by atoms with Crippen molar-refractivity contribution >= 4 is 27.2 Å². The zero-order valence-electron chi connectivity index (χ0n) is 17.6. The SMILES string of the molecule is COC(OC)C1(C)Oc2ccc([As])cc2C(NC(=NCc2ccccc2)NC#N)C1O. The number of nitrogens with zero attached hydrogens (tertiary/aromatic N) is 2. The molecule has 8 nitrogen and oxygen atoms in total. The maximum atomic E-state index is 11.3. The molecule has 0 spiro atoms. The molecule has 1 aliphatic rings. The van der Waals surface area contributed by atoms with Gasteiger partial charge in [-0.25, -0.2) is 0 Å². The minimum absolute atomic E-state index is 0.244. The van der Waals surface area contributed by atoms with Gasteiger partial charge in [0.2, 0.25) is 0 Å². The first kappa shape index (κ1) is 23.1. The van der Waals surface area contributed by atoms with Crippen LogP contribution in [0.2, 0.25) is 0 Å². The molecule has 31 heavy (non-hydrogen) atoms. The van der Waals surface area contributed by atoms with Crippen LogP contribution in [0, 0.1) is 11.5 Å². The van der Waals surface area contributed by atoms with Crippen molar-refractivity contribution in [2.45, 2.75) is 37.5 Å². The summed E-state index contributed by atoms with van der Waals surface area (Å²) in [6.07, 6.45) is -0.00889. The molecule has 2 radical (unpaired) electrons. The van der Waals surface area contributed by atoms with Crippen LogP contribution in [0.25, 0.3) is 0 Å². The molecule has 3 rings (SSSR count). The van der Waals surface area contributed by atoms with Crippen LogP contribution in [0.5, 0.6) is 5.75 Å². The van der Waals surface area contributed by atoms with E-state index in [0.717, 1.165) is 15.5 Å². The Kier molecular flexibility index (Phi) is 7.58. The van der Waals surface area contributed by atoms with Gasteiger partial charge in [0.1, 0.15) is 0 Å². The van der Waals surface area contributed by atoms with E-state index in [1.54, 1.807) is 6.92 Å². The third kappa shape index (κ3) is 5.03. The molecular weight excluding hydrogens is 459 g/mol. The Balaban J connectivity index is 1.97. The first-order valence-corrected chi connectivity index (χ1v) is 10.6. The van der Waals surface area contributed by atoms with E-state index in [4.69, 9.17) is 14.2 Å². The fourth-order valence-electron chi connectivity index (χ4n) is 3.65. The molecular formula is C22H25AsN4O4. The molecule has 0 aliphatic carbocycles. The molecule has 0 saturated carbocycles. The molecule has 0 saturated heterocycles. The van der Waals surface area contributed by atoms with Crippen molar-refractivity contribution in [3.05, 3.63) is 59.7 Å². The van der Waals surface area contributed by atoms with E-state index in [0.29, 0.717) is 12.3 Å². The maximum absolute atomic E-state index is 11.3. The van der Waals surface area contributed by atoms with Crippen LogP contribution in [0.3, 0.4) is 0 Å². The quantitative estimate of drug-likeness (QED) is 0.140. The van der Waals surface area contributed by atoms with Gasteiger partial charge in [0.05, 0.1) is 0 Å². The Morgan fingerprint density at radius 1 is 1.29 bits per heavy atom. The van der Waals surface area contributed by atoms with E-state index >= 15 is 0 Å².